The van der Waals surface area contributed by atoms with Crippen molar-refractivity contribution < 1.29 is 4.79 Å². The van der Waals surface area contributed by atoms with E-state index in [4.69, 9.17) is 0 Å². The Labute approximate surface area is 112 Å². The molecule has 0 saturated carbocycles. The molecule has 2 aliphatic rings. The summed E-state index contributed by atoms with van der Waals surface area (Å²) in [5.41, 5.74) is 0. The first-order chi connectivity index (χ1) is 9.22. The van der Waals surface area contributed by atoms with Crippen molar-refractivity contribution in [3.63, 3.8) is 0 Å². The third-order valence-corrected chi connectivity index (χ3v) is 3.79. The minimum absolute atomic E-state index is 0.124. The predicted octanol–water partition coefficient (Wildman–Crippen LogP) is -0.543. The van der Waals surface area contributed by atoms with Crippen LogP contribution in [-0.4, -0.2) is 57.8 Å². The van der Waals surface area contributed by atoms with Gasteiger partial charge < -0.3 is 5.32 Å². The molecule has 1 aromatic heterocycles. The van der Waals surface area contributed by atoms with Crippen LogP contribution in [0.2, 0.25) is 0 Å². The minimum Gasteiger partial charge on any atom is -0.314 e. The van der Waals surface area contributed by atoms with Gasteiger partial charge in [-0.2, -0.15) is 4.98 Å². The largest absolute Gasteiger partial charge is 0.314 e. The maximum atomic E-state index is 11.0. The van der Waals surface area contributed by atoms with E-state index in [-0.39, 0.29) is 5.91 Å². The van der Waals surface area contributed by atoms with Crippen LogP contribution < -0.4 is 10.6 Å². The van der Waals surface area contributed by atoms with E-state index in [9.17, 15) is 4.79 Å². The van der Waals surface area contributed by atoms with Crippen molar-refractivity contribution in [1.29, 1.82) is 0 Å². The summed E-state index contributed by atoms with van der Waals surface area (Å²) in [6.45, 7) is 6.70. The van der Waals surface area contributed by atoms with Crippen LogP contribution in [-0.2, 0) is 17.8 Å². The van der Waals surface area contributed by atoms with Crippen molar-refractivity contribution >= 4 is 11.9 Å². The zero-order valence-corrected chi connectivity index (χ0v) is 11.2. The number of piperazine rings is 1. The van der Waals surface area contributed by atoms with Crippen LogP contribution in [0.1, 0.15) is 19.2 Å². The van der Waals surface area contributed by atoms with E-state index in [1.807, 2.05) is 4.68 Å². The maximum absolute atomic E-state index is 11.0. The predicted molar refractivity (Wildman–Crippen MR) is 70.9 cm³/mol. The van der Waals surface area contributed by atoms with Gasteiger partial charge in [-0.05, 0) is 6.42 Å². The number of anilines is 1. The number of rotatable bonds is 2. The number of nitrogens with one attached hydrogen (secondary N) is 2. The minimum atomic E-state index is -0.124. The van der Waals surface area contributed by atoms with Crippen LogP contribution >= 0.6 is 0 Å². The van der Waals surface area contributed by atoms with Gasteiger partial charge in [0.05, 0.1) is 6.54 Å². The molecule has 0 spiro atoms. The Bertz CT molecular complexity index is 465. The number of carbonyl (C=O) groups excluding carboxylic acids is 1. The van der Waals surface area contributed by atoms with Crippen LogP contribution in [0.25, 0.3) is 0 Å². The normalized spacial score (nSPS) is 23.9. The highest BCUT2D eigenvalue weighted by Crippen LogP contribution is 2.19. The van der Waals surface area contributed by atoms with Gasteiger partial charge >= 0.3 is 0 Å². The molecule has 2 aliphatic heterocycles. The van der Waals surface area contributed by atoms with E-state index < -0.39 is 0 Å². The van der Waals surface area contributed by atoms with E-state index in [1.54, 1.807) is 0 Å². The molecule has 3 heterocycles. The Morgan fingerprint density at radius 2 is 2.21 bits per heavy atom. The third-order valence-electron chi connectivity index (χ3n) is 3.79. The van der Waals surface area contributed by atoms with E-state index in [0.29, 0.717) is 12.0 Å². The maximum Gasteiger partial charge on any atom is 0.248 e. The standard InChI is InChI=1S/C12H20N6O/c1-9(19)14-12-15-11-3-2-10(8-18(11)16-12)17-6-4-13-5-7-17/h10,13H,2-8H2,1H3,(H,14,16,19). The fourth-order valence-electron chi connectivity index (χ4n) is 2.85. The van der Waals surface area contributed by atoms with Gasteiger partial charge in [-0.3, -0.25) is 15.0 Å². The topological polar surface area (TPSA) is 75.1 Å². The van der Waals surface area contributed by atoms with Crippen molar-refractivity contribution in [3.05, 3.63) is 5.82 Å². The highest BCUT2D eigenvalue weighted by molar-refractivity contribution is 5.86. The van der Waals surface area contributed by atoms with Crippen molar-refractivity contribution in [2.75, 3.05) is 31.5 Å². The molecule has 3 rings (SSSR count). The first-order valence-corrected chi connectivity index (χ1v) is 6.88. The Hall–Kier alpha value is -1.47. The summed E-state index contributed by atoms with van der Waals surface area (Å²) in [6, 6.07) is 0.543. The van der Waals surface area contributed by atoms with Crippen molar-refractivity contribution in [2.24, 2.45) is 0 Å². The number of aromatic nitrogens is 3. The Morgan fingerprint density at radius 3 is 2.95 bits per heavy atom. The van der Waals surface area contributed by atoms with Crippen molar-refractivity contribution in [1.82, 2.24) is 25.0 Å². The van der Waals surface area contributed by atoms with Crippen LogP contribution in [0.15, 0.2) is 0 Å². The van der Waals surface area contributed by atoms with Crippen LogP contribution in [0.4, 0.5) is 5.95 Å². The molecule has 2 N–H and O–H groups in total. The van der Waals surface area contributed by atoms with Gasteiger partial charge in [-0.15, -0.1) is 5.10 Å². The fourth-order valence-corrected chi connectivity index (χ4v) is 2.85. The van der Waals surface area contributed by atoms with E-state index in [0.717, 1.165) is 51.4 Å². The average Bonchev–Trinajstić information content (AvgIpc) is 2.79. The SMILES string of the molecule is CC(=O)Nc1nc2n(n1)CC(N1CCNCC1)CC2. The lowest BCUT2D eigenvalue weighted by molar-refractivity contribution is -0.114. The molecule has 104 valence electrons. The number of aryl methyl sites for hydroxylation is 1. The van der Waals surface area contributed by atoms with Gasteiger partial charge in [0, 0.05) is 45.6 Å². The number of nitrogens with zero attached hydrogens (tertiary/aromatic N) is 4. The van der Waals surface area contributed by atoms with Crippen molar-refractivity contribution in [3.8, 4) is 0 Å². The monoisotopic (exact) mass is 264 g/mol. The van der Waals surface area contributed by atoms with Crippen LogP contribution in [0, 0.1) is 0 Å². The van der Waals surface area contributed by atoms with Crippen molar-refractivity contribution in [2.45, 2.75) is 32.4 Å². The molecule has 1 aromatic rings. The second kappa shape index (κ2) is 5.26. The molecule has 1 atom stereocenters. The molecule has 7 heteroatoms. The van der Waals surface area contributed by atoms with E-state index >= 15 is 0 Å². The molecular weight excluding hydrogens is 244 g/mol. The number of hydrogen-bond donors (Lipinski definition) is 2. The van der Waals surface area contributed by atoms with Gasteiger partial charge in [-0.25, -0.2) is 4.68 Å². The average molecular weight is 264 g/mol. The lowest BCUT2D eigenvalue weighted by Crippen LogP contribution is -2.51. The summed E-state index contributed by atoms with van der Waals surface area (Å²) in [5, 5.41) is 10.4. The summed E-state index contributed by atoms with van der Waals surface area (Å²) in [5.74, 6) is 1.29. The molecule has 1 fully saturated rings. The summed E-state index contributed by atoms with van der Waals surface area (Å²) in [4.78, 5) is 17.9. The van der Waals surface area contributed by atoms with Crippen LogP contribution in [0.5, 0.6) is 0 Å². The number of carbonyl (C=O) groups is 1. The summed E-state index contributed by atoms with van der Waals surface area (Å²) < 4.78 is 1.95. The number of amides is 1. The molecule has 19 heavy (non-hydrogen) atoms. The lowest BCUT2D eigenvalue weighted by atomic mass is 10.1. The Balaban J connectivity index is 1.68. The van der Waals surface area contributed by atoms with Gasteiger partial charge in [0.1, 0.15) is 5.82 Å². The quantitative estimate of drug-likeness (QED) is 0.750. The number of fused-ring (bicyclic) bond motifs is 1. The summed E-state index contributed by atoms with van der Waals surface area (Å²) >= 11 is 0. The highest BCUT2D eigenvalue weighted by atomic mass is 16.1. The van der Waals surface area contributed by atoms with E-state index in [1.165, 1.54) is 6.92 Å². The lowest BCUT2D eigenvalue weighted by Gasteiger charge is -2.36. The van der Waals surface area contributed by atoms with Gasteiger partial charge in [0.15, 0.2) is 0 Å². The Kier molecular flexibility index (Phi) is 3.48. The fraction of sp³-hybridized carbons (Fsp3) is 0.750. The molecule has 1 unspecified atom stereocenters. The molecule has 1 amide bonds. The highest BCUT2D eigenvalue weighted by Gasteiger charge is 2.27. The zero-order valence-electron chi connectivity index (χ0n) is 11.2. The molecular formula is C12H20N6O. The molecule has 0 bridgehead atoms. The van der Waals surface area contributed by atoms with Gasteiger partial charge in [0.25, 0.3) is 0 Å². The third kappa shape index (κ3) is 2.76. The number of hydrogen-bond acceptors (Lipinski definition) is 5. The summed E-state index contributed by atoms with van der Waals surface area (Å²) in [6.07, 6.45) is 2.05. The Morgan fingerprint density at radius 1 is 1.42 bits per heavy atom. The molecule has 1 saturated heterocycles. The smallest absolute Gasteiger partial charge is 0.248 e. The second-order valence-electron chi connectivity index (χ2n) is 5.19. The van der Waals surface area contributed by atoms with Gasteiger partial charge in [0.2, 0.25) is 11.9 Å². The van der Waals surface area contributed by atoms with E-state index in [2.05, 4.69) is 25.6 Å². The first kappa shape index (κ1) is 12.6. The molecule has 0 aliphatic carbocycles. The molecule has 0 aromatic carbocycles. The van der Waals surface area contributed by atoms with Gasteiger partial charge in [-0.1, -0.05) is 0 Å². The molecule has 7 nitrogen and oxygen atoms in total. The molecule has 0 radical (unpaired) electrons. The van der Waals surface area contributed by atoms with Crippen LogP contribution in [0.3, 0.4) is 0 Å². The summed E-state index contributed by atoms with van der Waals surface area (Å²) in [7, 11) is 0. The first-order valence-electron chi connectivity index (χ1n) is 6.88. The second-order valence-corrected chi connectivity index (χ2v) is 5.19. The zero-order chi connectivity index (χ0) is 13.2.